The largest absolute Gasteiger partial charge is 0.487 e. The van der Waals surface area contributed by atoms with Crippen molar-refractivity contribution in [3.63, 3.8) is 0 Å². The van der Waals surface area contributed by atoms with Crippen LogP contribution in [0.5, 0.6) is 5.75 Å². The van der Waals surface area contributed by atoms with E-state index in [1.54, 1.807) is 23.6 Å². The van der Waals surface area contributed by atoms with Gasteiger partial charge in [-0.15, -0.1) is 0 Å². The van der Waals surface area contributed by atoms with Crippen LogP contribution in [0, 0.1) is 17.3 Å². The summed E-state index contributed by atoms with van der Waals surface area (Å²) in [5, 5.41) is 11.0. The van der Waals surface area contributed by atoms with Crippen LogP contribution in [-0.4, -0.2) is 22.1 Å². The Morgan fingerprint density at radius 3 is 2.28 bits per heavy atom. The molecule has 0 bridgehead atoms. The van der Waals surface area contributed by atoms with Gasteiger partial charge >= 0.3 is 5.97 Å². The summed E-state index contributed by atoms with van der Waals surface area (Å²) < 4.78 is 15.5. The number of nitrogens with zero attached hydrogens (tertiary/aromatic N) is 3. The quantitative estimate of drug-likeness (QED) is 0.0614. The average Bonchev–Trinajstić information content (AvgIpc) is 3.41. The second kappa shape index (κ2) is 15.4. The van der Waals surface area contributed by atoms with Gasteiger partial charge in [-0.1, -0.05) is 79.8 Å². The second-order valence-electron chi connectivity index (χ2n) is 11.8. The van der Waals surface area contributed by atoms with E-state index >= 15 is 0 Å². The van der Waals surface area contributed by atoms with Crippen molar-refractivity contribution in [1.29, 1.82) is 0 Å². The molecule has 1 aromatic heterocycles. The minimum atomic E-state index is -0.751. The van der Waals surface area contributed by atoms with Crippen molar-refractivity contribution in [2.45, 2.75) is 39.3 Å². The van der Waals surface area contributed by atoms with Crippen molar-refractivity contribution in [1.82, 2.24) is 4.57 Å². The van der Waals surface area contributed by atoms with E-state index in [-0.39, 0.29) is 24.5 Å². The first-order chi connectivity index (χ1) is 24.0. The first kappa shape index (κ1) is 35.7. The fourth-order valence-corrected chi connectivity index (χ4v) is 8.77. The second-order valence-corrected chi connectivity index (χ2v) is 15.1. The molecule has 0 aliphatic carbocycles. The standard InChI is InChI=1S/C38H31I2N3O6S/c1-4-48-37(45)32-33(26-8-6-5-7-9-26)41-38-42(34(32)27-14-12-25(13-15-27)22(2)3)36(44)31(50-38)20-24-18-29(39)35(30(40)19-24)49-21-23-10-16-28(17-11-23)43(46)47/h5-20,22,34H,4,21H2,1-3H3/b31-20-/t34-/m0/s1. The molecule has 1 aliphatic heterocycles. The van der Waals surface area contributed by atoms with Gasteiger partial charge in [0, 0.05) is 17.7 Å². The van der Waals surface area contributed by atoms with Crippen molar-refractivity contribution in [3.05, 3.63) is 161 Å². The Morgan fingerprint density at radius 2 is 1.68 bits per heavy atom. The van der Waals surface area contributed by atoms with Crippen molar-refractivity contribution >= 4 is 79.9 Å². The van der Waals surface area contributed by atoms with E-state index in [0.29, 0.717) is 32.3 Å². The minimum Gasteiger partial charge on any atom is -0.487 e. The van der Waals surface area contributed by atoms with Gasteiger partial charge < -0.3 is 9.47 Å². The number of nitro groups is 1. The molecule has 6 rings (SSSR count). The van der Waals surface area contributed by atoms with Crippen molar-refractivity contribution < 1.29 is 19.2 Å². The smallest absolute Gasteiger partial charge is 0.338 e. The molecule has 1 aliphatic rings. The van der Waals surface area contributed by atoms with Crippen LogP contribution in [0.25, 0.3) is 11.8 Å². The van der Waals surface area contributed by atoms with Crippen LogP contribution in [-0.2, 0) is 16.1 Å². The molecular formula is C38H31I2N3O6S. The van der Waals surface area contributed by atoms with Crippen LogP contribution in [0.3, 0.4) is 0 Å². The molecule has 2 heterocycles. The first-order valence-corrected chi connectivity index (χ1v) is 18.8. The van der Waals surface area contributed by atoms with Gasteiger partial charge in [-0.05, 0) is 111 Å². The number of rotatable bonds is 10. The number of benzene rings is 4. The Hall–Kier alpha value is -4.15. The lowest BCUT2D eigenvalue weighted by Crippen LogP contribution is -2.40. The van der Waals surface area contributed by atoms with Gasteiger partial charge in [0.2, 0.25) is 0 Å². The fraction of sp³-hybridized carbons (Fsp3) is 0.184. The Morgan fingerprint density at radius 1 is 1.02 bits per heavy atom. The van der Waals surface area contributed by atoms with Gasteiger partial charge in [0.1, 0.15) is 12.4 Å². The summed E-state index contributed by atoms with van der Waals surface area (Å²) >= 11 is 5.68. The van der Waals surface area contributed by atoms with Gasteiger partial charge in [0.25, 0.3) is 11.2 Å². The lowest BCUT2D eigenvalue weighted by molar-refractivity contribution is -0.384. The molecule has 9 nitrogen and oxygen atoms in total. The molecule has 4 aromatic carbocycles. The number of ether oxygens (including phenoxy) is 2. The number of fused-ring (bicyclic) bond motifs is 1. The number of nitro benzene ring substituents is 1. The summed E-state index contributed by atoms with van der Waals surface area (Å²) in [5.41, 5.74) is 4.85. The third-order valence-corrected chi connectivity index (χ3v) is 10.7. The molecule has 0 saturated heterocycles. The van der Waals surface area contributed by atoms with Gasteiger partial charge in [0.15, 0.2) is 4.80 Å². The Balaban J connectivity index is 1.44. The van der Waals surface area contributed by atoms with Gasteiger partial charge in [-0.2, -0.15) is 0 Å². The van der Waals surface area contributed by atoms with Crippen LogP contribution in [0.15, 0.2) is 106 Å². The zero-order chi connectivity index (χ0) is 35.5. The molecule has 0 fully saturated rings. The summed E-state index contributed by atoms with van der Waals surface area (Å²) in [6.45, 7) is 6.42. The maximum Gasteiger partial charge on any atom is 0.338 e. The molecule has 254 valence electrons. The number of halogens is 2. The lowest BCUT2D eigenvalue weighted by atomic mass is 9.91. The summed E-state index contributed by atoms with van der Waals surface area (Å²) in [6, 6.07) is 26.9. The third kappa shape index (κ3) is 7.47. The molecule has 1 atom stereocenters. The van der Waals surface area contributed by atoms with Crippen molar-refractivity contribution in [2.24, 2.45) is 4.99 Å². The van der Waals surface area contributed by atoms with Gasteiger partial charge in [-0.3, -0.25) is 19.5 Å². The molecule has 0 N–H and O–H groups in total. The maximum absolute atomic E-state index is 14.3. The molecule has 0 saturated carbocycles. The van der Waals surface area contributed by atoms with E-state index in [4.69, 9.17) is 14.5 Å². The molecule has 0 unspecified atom stereocenters. The van der Waals surface area contributed by atoms with E-state index in [0.717, 1.165) is 35.0 Å². The Labute approximate surface area is 319 Å². The number of thiazole rings is 1. The van der Waals surface area contributed by atoms with Crippen LogP contribution in [0.4, 0.5) is 5.69 Å². The number of carbonyl (C=O) groups is 1. The highest BCUT2D eigenvalue weighted by Gasteiger charge is 2.35. The van der Waals surface area contributed by atoms with Crippen LogP contribution >= 0.6 is 56.5 Å². The Kier molecular flexibility index (Phi) is 11.0. The van der Waals surface area contributed by atoms with Crippen molar-refractivity contribution in [2.75, 3.05) is 6.61 Å². The molecule has 12 heteroatoms. The molecule has 50 heavy (non-hydrogen) atoms. The van der Waals surface area contributed by atoms with Crippen LogP contribution < -0.4 is 19.6 Å². The predicted molar refractivity (Wildman–Crippen MR) is 211 cm³/mol. The number of aromatic nitrogens is 1. The minimum absolute atomic E-state index is 0.0244. The average molecular weight is 912 g/mol. The zero-order valence-corrected chi connectivity index (χ0v) is 32.4. The lowest BCUT2D eigenvalue weighted by Gasteiger charge is -2.26. The van der Waals surface area contributed by atoms with Gasteiger partial charge in [0.05, 0.1) is 40.5 Å². The van der Waals surface area contributed by atoms with E-state index in [9.17, 15) is 19.7 Å². The number of esters is 1. The van der Waals surface area contributed by atoms with E-state index in [1.807, 2.05) is 72.8 Å². The van der Waals surface area contributed by atoms with E-state index in [1.165, 1.54) is 23.5 Å². The van der Waals surface area contributed by atoms with E-state index in [2.05, 4.69) is 59.0 Å². The zero-order valence-electron chi connectivity index (χ0n) is 27.3. The number of hydrogen-bond acceptors (Lipinski definition) is 8. The summed E-state index contributed by atoms with van der Waals surface area (Å²) in [5.74, 6) is 0.478. The van der Waals surface area contributed by atoms with Crippen LogP contribution in [0.1, 0.15) is 60.5 Å². The molecule has 5 aromatic rings. The number of carbonyl (C=O) groups excluding carboxylic acids is 1. The summed E-state index contributed by atoms with van der Waals surface area (Å²) in [4.78, 5) is 44.1. The highest BCUT2D eigenvalue weighted by molar-refractivity contribution is 14.1. The fourth-order valence-electron chi connectivity index (χ4n) is 5.64. The predicted octanol–water partition coefficient (Wildman–Crippen LogP) is 7.76. The first-order valence-electron chi connectivity index (χ1n) is 15.8. The molecule has 0 spiro atoms. The summed E-state index contributed by atoms with van der Waals surface area (Å²) in [7, 11) is 0. The highest BCUT2D eigenvalue weighted by atomic mass is 127. The summed E-state index contributed by atoms with van der Waals surface area (Å²) in [6.07, 6.45) is 1.84. The highest BCUT2D eigenvalue weighted by Crippen LogP contribution is 2.36. The molecular weight excluding hydrogens is 880 g/mol. The van der Waals surface area contributed by atoms with Crippen molar-refractivity contribution in [3.8, 4) is 5.75 Å². The van der Waals surface area contributed by atoms with E-state index < -0.39 is 16.9 Å². The number of hydrogen-bond donors (Lipinski definition) is 0. The SMILES string of the molecule is CCOC(=O)C1=C(c2ccccc2)N=c2s/c(=C\c3cc(I)c(OCc4ccc([N+](=O)[O-])cc4)c(I)c3)c(=O)n2[C@H]1c1ccc(C(C)C)cc1. The van der Waals surface area contributed by atoms with Crippen LogP contribution in [0.2, 0.25) is 0 Å². The Bertz CT molecular complexity index is 2270. The monoisotopic (exact) mass is 911 g/mol. The molecule has 0 radical (unpaired) electrons. The maximum atomic E-state index is 14.3. The topological polar surface area (TPSA) is 113 Å². The third-order valence-electron chi connectivity index (χ3n) is 8.14. The normalized spacial score (nSPS) is 14.4. The molecule has 0 amide bonds. The van der Waals surface area contributed by atoms with Gasteiger partial charge in [-0.25, -0.2) is 9.79 Å². The number of non-ortho nitro benzene ring substituents is 1.